The highest BCUT2D eigenvalue weighted by molar-refractivity contribution is 5.83. The van der Waals surface area contributed by atoms with Crippen molar-refractivity contribution in [1.29, 1.82) is 0 Å². The minimum atomic E-state index is 0.202. The van der Waals surface area contributed by atoms with Crippen LogP contribution >= 0.6 is 0 Å². The number of benzene rings is 1. The monoisotopic (exact) mass is 514 g/mol. The van der Waals surface area contributed by atoms with Crippen LogP contribution in [0.1, 0.15) is 54.5 Å². The van der Waals surface area contributed by atoms with Crippen LogP contribution in [0.2, 0.25) is 0 Å². The maximum absolute atomic E-state index is 6.32. The Hall–Kier alpha value is -4.86. The van der Waals surface area contributed by atoms with Crippen molar-refractivity contribution < 1.29 is 0 Å². The maximum atomic E-state index is 6.32. The number of hydrogen-bond donors (Lipinski definition) is 1. The lowest BCUT2D eigenvalue weighted by Crippen LogP contribution is -2.10. The van der Waals surface area contributed by atoms with Gasteiger partial charge in [0, 0.05) is 36.4 Å². The lowest BCUT2D eigenvalue weighted by Gasteiger charge is -2.22. The first kappa shape index (κ1) is 22.2. The Labute approximate surface area is 224 Å². The fourth-order valence-corrected chi connectivity index (χ4v) is 5.84. The largest absolute Gasteiger partial charge is 0.383 e. The van der Waals surface area contributed by atoms with Gasteiger partial charge < -0.3 is 5.73 Å². The smallest absolute Gasteiger partial charge is 0.167 e. The average Bonchev–Trinajstić information content (AvgIpc) is 3.73. The average molecular weight is 515 g/mol. The third-order valence-electron chi connectivity index (χ3n) is 8.11. The molecule has 0 aliphatic heterocycles. The fourth-order valence-electron chi connectivity index (χ4n) is 5.84. The molecule has 8 rings (SSSR count). The third-order valence-corrected chi connectivity index (χ3v) is 8.11. The molecule has 39 heavy (non-hydrogen) atoms. The van der Waals surface area contributed by atoms with Crippen LogP contribution in [0.15, 0.2) is 73.3 Å². The van der Waals surface area contributed by atoms with Crippen LogP contribution in [-0.4, -0.2) is 44.3 Å². The number of nitrogen functional groups attached to an aromatic ring is 1. The Balaban J connectivity index is 1.25. The van der Waals surface area contributed by atoms with E-state index in [9.17, 15) is 0 Å². The van der Waals surface area contributed by atoms with E-state index in [0.717, 1.165) is 41.0 Å². The number of rotatable bonds is 5. The minimum absolute atomic E-state index is 0.202. The number of anilines is 1. The number of fused-ring (bicyclic) bond motifs is 2. The van der Waals surface area contributed by atoms with Gasteiger partial charge in [0.05, 0.1) is 17.3 Å². The summed E-state index contributed by atoms with van der Waals surface area (Å²) in [7, 11) is 0. The molecule has 10 nitrogen and oxygen atoms in total. The first-order valence-electron chi connectivity index (χ1n) is 13.4. The van der Waals surface area contributed by atoms with Gasteiger partial charge >= 0.3 is 0 Å². The van der Waals surface area contributed by atoms with Crippen LogP contribution < -0.4 is 5.73 Å². The van der Waals surface area contributed by atoms with E-state index < -0.39 is 0 Å². The molecule has 6 aromatic rings. The van der Waals surface area contributed by atoms with Crippen molar-refractivity contribution in [2.75, 3.05) is 5.73 Å². The van der Waals surface area contributed by atoms with Crippen molar-refractivity contribution in [1.82, 2.24) is 44.3 Å². The molecule has 1 saturated carbocycles. The predicted molar refractivity (Wildman–Crippen MR) is 147 cm³/mol. The van der Waals surface area contributed by atoms with Gasteiger partial charge in [-0.05, 0) is 79.3 Å². The first-order chi connectivity index (χ1) is 19.2. The summed E-state index contributed by atoms with van der Waals surface area (Å²) in [5, 5.41) is 13.4. The molecular weight excluding hydrogens is 488 g/mol. The third kappa shape index (κ3) is 3.55. The molecule has 1 atom stereocenters. The van der Waals surface area contributed by atoms with Gasteiger partial charge in [-0.25, -0.2) is 24.3 Å². The van der Waals surface area contributed by atoms with Crippen LogP contribution in [0.25, 0.3) is 34.1 Å². The highest BCUT2D eigenvalue weighted by Crippen LogP contribution is 2.39. The molecule has 2 aliphatic carbocycles. The Morgan fingerprint density at radius 3 is 2.72 bits per heavy atom. The lowest BCUT2D eigenvalue weighted by molar-refractivity contribution is 0.410. The summed E-state index contributed by atoms with van der Waals surface area (Å²) in [6.07, 6.45) is 13.2. The summed E-state index contributed by atoms with van der Waals surface area (Å²) in [5.74, 6) is 2.43. The van der Waals surface area contributed by atoms with Crippen LogP contribution in [0.5, 0.6) is 0 Å². The van der Waals surface area contributed by atoms with Gasteiger partial charge in [0.15, 0.2) is 17.3 Å². The van der Waals surface area contributed by atoms with Gasteiger partial charge in [-0.1, -0.05) is 17.7 Å². The van der Waals surface area contributed by atoms with Crippen LogP contribution in [0.4, 0.5) is 5.82 Å². The molecule has 0 radical (unpaired) electrons. The van der Waals surface area contributed by atoms with Crippen molar-refractivity contribution in [3.05, 3.63) is 90.1 Å². The van der Waals surface area contributed by atoms with Crippen LogP contribution in [0, 0.1) is 0 Å². The van der Waals surface area contributed by atoms with Gasteiger partial charge in [-0.15, -0.1) is 5.10 Å². The number of hydrogen-bond acceptors (Lipinski definition) is 7. The molecule has 5 aromatic heterocycles. The number of nitrogens with zero attached hydrogens (tertiary/aromatic N) is 9. The summed E-state index contributed by atoms with van der Waals surface area (Å²) in [6.45, 7) is 0. The van der Waals surface area contributed by atoms with Gasteiger partial charge in [0.2, 0.25) is 0 Å². The molecule has 0 saturated heterocycles. The van der Waals surface area contributed by atoms with Gasteiger partial charge in [0.1, 0.15) is 11.3 Å². The van der Waals surface area contributed by atoms with Crippen molar-refractivity contribution in [2.45, 2.75) is 44.1 Å². The van der Waals surface area contributed by atoms with E-state index in [-0.39, 0.29) is 6.04 Å². The quantitative estimate of drug-likeness (QED) is 0.356. The maximum Gasteiger partial charge on any atom is 0.167 e. The van der Waals surface area contributed by atoms with E-state index in [2.05, 4.69) is 54.0 Å². The van der Waals surface area contributed by atoms with E-state index in [1.165, 1.54) is 30.4 Å². The SMILES string of the molecule is Nc1ncccc1-c1nc2ccc(-n3cccn3)nc2n1-c1ccc2c(c1)CCC2n1cc(C2CCC2)nn1. The van der Waals surface area contributed by atoms with Crippen molar-refractivity contribution in [3.8, 4) is 22.9 Å². The molecule has 1 aromatic carbocycles. The lowest BCUT2D eigenvalue weighted by atomic mass is 9.83. The fraction of sp³-hybridized carbons (Fsp3) is 0.241. The minimum Gasteiger partial charge on any atom is -0.383 e. The zero-order chi connectivity index (χ0) is 25.9. The van der Waals surface area contributed by atoms with Crippen molar-refractivity contribution in [2.24, 2.45) is 0 Å². The van der Waals surface area contributed by atoms with Gasteiger partial charge in [0.25, 0.3) is 0 Å². The molecular formula is C29H26N10. The van der Waals surface area contributed by atoms with E-state index in [1.54, 1.807) is 17.1 Å². The summed E-state index contributed by atoms with van der Waals surface area (Å²) < 4.78 is 5.89. The Kier molecular flexibility index (Phi) is 4.88. The standard InChI is InChI=1S/C29H26N10/c30-27-22(6-2-13-31-27)28-33-23-10-12-26(37-15-3-14-32-37)34-29(23)39(28)20-8-9-21-19(16-20)7-11-25(21)38-17-24(35-36-38)18-4-1-5-18/h2-3,6,8-10,12-18,25H,1,4-5,7,11H2,(H2,30,31). The summed E-state index contributed by atoms with van der Waals surface area (Å²) in [6, 6.07) is 16.4. The van der Waals surface area contributed by atoms with E-state index in [4.69, 9.17) is 15.7 Å². The molecule has 0 spiro atoms. The molecule has 192 valence electrons. The number of pyridine rings is 2. The predicted octanol–water partition coefficient (Wildman–Crippen LogP) is 4.65. The summed E-state index contributed by atoms with van der Waals surface area (Å²) in [4.78, 5) is 14.3. The number of nitrogens with two attached hydrogens (primary N) is 1. The molecule has 2 aliphatic rings. The summed E-state index contributed by atoms with van der Waals surface area (Å²) >= 11 is 0. The van der Waals surface area contributed by atoms with Crippen molar-refractivity contribution >= 4 is 17.0 Å². The Bertz CT molecular complexity index is 1830. The molecule has 1 fully saturated rings. The first-order valence-corrected chi connectivity index (χ1v) is 13.4. The molecule has 1 unspecified atom stereocenters. The zero-order valence-electron chi connectivity index (χ0n) is 21.2. The molecule has 0 bridgehead atoms. The molecule has 0 amide bonds. The zero-order valence-corrected chi connectivity index (χ0v) is 21.2. The number of aromatic nitrogens is 9. The highest BCUT2D eigenvalue weighted by atomic mass is 15.4. The molecule has 5 heterocycles. The van der Waals surface area contributed by atoms with E-state index in [0.29, 0.717) is 23.4 Å². The second-order valence-corrected chi connectivity index (χ2v) is 10.4. The second kappa shape index (κ2) is 8.59. The topological polar surface area (TPSA) is 118 Å². The Morgan fingerprint density at radius 2 is 1.90 bits per heavy atom. The molecule has 10 heteroatoms. The van der Waals surface area contributed by atoms with Crippen LogP contribution in [0.3, 0.4) is 0 Å². The number of aryl methyl sites for hydroxylation is 1. The number of imidazole rings is 1. The molecule has 2 N–H and O–H groups in total. The van der Waals surface area contributed by atoms with E-state index in [1.807, 2.05) is 36.5 Å². The summed E-state index contributed by atoms with van der Waals surface area (Å²) in [5.41, 5.74) is 13.3. The Morgan fingerprint density at radius 1 is 0.949 bits per heavy atom. The second-order valence-electron chi connectivity index (χ2n) is 10.4. The normalized spacial score (nSPS) is 17.0. The van der Waals surface area contributed by atoms with E-state index >= 15 is 0 Å². The van der Waals surface area contributed by atoms with Gasteiger partial charge in [-0.2, -0.15) is 5.10 Å². The van der Waals surface area contributed by atoms with Gasteiger partial charge in [-0.3, -0.25) is 4.57 Å². The highest BCUT2D eigenvalue weighted by Gasteiger charge is 2.29. The van der Waals surface area contributed by atoms with Crippen molar-refractivity contribution in [3.63, 3.8) is 0 Å². The van der Waals surface area contributed by atoms with Crippen LogP contribution in [-0.2, 0) is 6.42 Å².